The van der Waals surface area contributed by atoms with Crippen molar-refractivity contribution in [2.75, 3.05) is 34.5 Å². The summed E-state index contributed by atoms with van der Waals surface area (Å²) in [6.07, 6.45) is 0. The molecule has 0 bridgehead atoms. The van der Waals surface area contributed by atoms with E-state index in [-0.39, 0.29) is 0 Å². The van der Waals surface area contributed by atoms with Crippen LogP contribution in [-0.2, 0) is 21.6 Å². The Morgan fingerprint density at radius 2 is 1.31 bits per heavy atom. The van der Waals surface area contributed by atoms with Gasteiger partial charge in [0.25, 0.3) is 0 Å². The van der Waals surface area contributed by atoms with Crippen molar-refractivity contribution in [3.8, 4) is 0 Å². The average Bonchev–Trinajstić information content (AvgIpc) is 2.16. The van der Waals surface area contributed by atoms with Gasteiger partial charge in [0.05, 0.1) is 0 Å². The predicted octanol–water partition coefficient (Wildman–Crippen LogP) is 1.26. The van der Waals surface area contributed by atoms with Gasteiger partial charge in [-0.05, 0) is 0 Å². The molecule has 0 radical (unpaired) electrons. The van der Waals surface area contributed by atoms with Gasteiger partial charge in [-0.3, -0.25) is 8.42 Å². The smallest absolute Gasteiger partial charge is 0.0325 e. The van der Waals surface area contributed by atoms with E-state index in [1.807, 2.05) is 13.8 Å². The molecule has 0 saturated heterocycles. The third kappa shape index (κ3) is 8.97. The quantitative estimate of drug-likeness (QED) is 0.601. The van der Waals surface area contributed by atoms with Crippen LogP contribution in [0.2, 0.25) is 0 Å². The molecule has 0 aromatic heterocycles. The molecule has 0 aliphatic carbocycles. The van der Waals surface area contributed by atoms with E-state index in [1.54, 1.807) is 11.8 Å². The highest BCUT2D eigenvalue weighted by atomic mass is 32.2. The first-order valence-electron chi connectivity index (χ1n) is 4.48. The molecular weight excluding hydrogens is 224 g/mol. The van der Waals surface area contributed by atoms with Crippen LogP contribution in [0.3, 0.4) is 0 Å². The van der Waals surface area contributed by atoms with E-state index in [4.69, 9.17) is 0 Å². The third-order valence-electron chi connectivity index (χ3n) is 1.55. The molecule has 80 valence electrons. The Hall–Kier alpha value is 0.650. The third-order valence-corrected chi connectivity index (χ3v) is 5.66. The molecule has 5 heteroatoms. The van der Waals surface area contributed by atoms with E-state index in [0.717, 1.165) is 34.5 Å². The molecule has 0 heterocycles. The molecule has 0 rings (SSSR count). The fourth-order valence-corrected chi connectivity index (χ4v) is 3.91. The normalized spacial score (nSPS) is 15.5. The number of hydrogen-bond donors (Lipinski definition) is 0. The summed E-state index contributed by atoms with van der Waals surface area (Å²) in [7, 11) is -1.28. The molecule has 13 heavy (non-hydrogen) atoms. The second-order valence-corrected chi connectivity index (χ2v) is 7.43. The predicted molar refractivity (Wildman–Crippen MR) is 64.4 cm³/mol. The molecule has 0 aromatic rings. The maximum Gasteiger partial charge on any atom is 0.0325 e. The van der Waals surface area contributed by atoms with Crippen LogP contribution in [-0.4, -0.2) is 42.9 Å². The molecule has 0 aliphatic heterocycles. The van der Waals surface area contributed by atoms with Gasteiger partial charge < -0.3 is 0 Å². The number of rotatable bonds is 8. The topological polar surface area (TPSA) is 34.1 Å². The lowest BCUT2D eigenvalue weighted by Gasteiger charge is -2.00. The average molecular weight is 242 g/mol. The van der Waals surface area contributed by atoms with E-state index < -0.39 is 21.6 Å². The van der Waals surface area contributed by atoms with E-state index >= 15 is 0 Å². The Bertz CT molecular complexity index is 153. The van der Waals surface area contributed by atoms with Crippen LogP contribution in [0.15, 0.2) is 0 Å². The zero-order chi connectivity index (χ0) is 10.1. The van der Waals surface area contributed by atoms with Crippen molar-refractivity contribution in [3.63, 3.8) is 0 Å². The molecule has 0 aromatic carbocycles. The molecule has 0 spiro atoms. The summed E-state index contributed by atoms with van der Waals surface area (Å²) in [6, 6.07) is 0. The highest BCUT2D eigenvalue weighted by molar-refractivity contribution is 8.00. The van der Waals surface area contributed by atoms with Crippen LogP contribution in [0.1, 0.15) is 13.8 Å². The Morgan fingerprint density at radius 1 is 0.923 bits per heavy atom. The Labute approximate surface area is 90.2 Å². The molecule has 0 N–H and O–H groups in total. The lowest BCUT2D eigenvalue weighted by Crippen LogP contribution is -2.06. The number of thioether (sulfide) groups is 1. The first-order valence-corrected chi connectivity index (χ1v) is 8.61. The lowest BCUT2D eigenvalue weighted by molar-refractivity contribution is 0.684. The van der Waals surface area contributed by atoms with Crippen molar-refractivity contribution in [2.45, 2.75) is 13.8 Å². The Kier molecular flexibility index (Phi) is 9.68. The Morgan fingerprint density at radius 3 is 1.62 bits per heavy atom. The summed E-state index contributed by atoms with van der Waals surface area (Å²) in [5.74, 6) is 4.92. The molecule has 2 unspecified atom stereocenters. The van der Waals surface area contributed by atoms with Crippen molar-refractivity contribution in [3.05, 3.63) is 0 Å². The molecule has 2 atom stereocenters. The minimum atomic E-state index is -0.640. The van der Waals surface area contributed by atoms with E-state index in [2.05, 4.69) is 0 Å². The van der Waals surface area contributed by atoms with Crippen LogP contribution in [0.4, 0.5) is 0 Å². The Balaban J connectivity index is 3.17. The minimum Gasteiger partial charge on any atom is -0.260 e. The highest BCUT2D eigenvalue weighted by Crippen LogP contribution is 2.01. The maximum atomic E-state index is 11.0. The number of hydrogen-bond acceptors (Lipinski definition) is 3. The summed E-state index contributed by atoms with van der Waals surface area (Å²) in [6.45, 7) is 3.87. The van der Waals surface area contributed by atoms with Crippen LogP contribution in [0.25, 0.3) is 0 Å². The van der Waals surface area contributed by atoms with Gasteiger partial charge >= 0.3 is 0 Å². The second kappa shape index (κ2) is 9.21. The minimum absolute atomic E-state index is 0.640. The fourth-order valence-electron chi connectivity index (χ4n) is 0.694. The van der Waals surface area contributed by atoms with Gasteiger partial charge in [-0.25, -0.2) is 0 Å². The van der Waals surface area contributed by atoms with Crippen molar-refractivity contribution >= 4 is 33.4 Å². The van der Waals surface area contributed by atoms with E-state index in [9.17, 15) is 8.42 Å². The first kappa shape index (κ1) is 13.7. The molecule has 0 fully saturated rings. The molecule has 0 saturated carbocycles. The zero-order valence-electron chi connectivity index (χ0n) is 8.28. The summed E-state index contributed by atoms with van der Waals surface area (Å²) < 4.78 is 22.0. The summed E-state index contributed by atoms with van der Waals surface area (Å²) in [4.78, 5) is 0. The van der Waals surface area contributed by atoms with Crippen molar-refractivity contribution in [2.24, 2.45) is 0 Å². The summed E-state index contributed by atoms with van der Waals surface area (Å²) >= 11 is 1.75. The van der Waals surface area contributed by atoms with Gasteiger partial charge in [0.15, 0.2) is 0 Å². The zero-order valence-corrected chi connectivity index (χ0v) is 10.7. The van der Waals surface area contributed by atoms with Crippen LogP contribution in [0, 0.1) is 0 Å². The lowest BCUT2D eigenvalue weighted by atomic mass is 10.9. The van der Waals surface area contributed by atoms with Gasteiger partial charge in [0.2, 0.25) is 0 Å². The van der Waals surface area contributed by atoms with Crippen LogP contribution >= 0.6 is 11.8 Å². The molecular formula is C8H18O2S3. The first-order chi connectivity index (χ1) is 6.20. The van der Waals surface area contributed by atoms with E-state index in [0.29, 0.717) is 0 Å². The van der Waals surface area contributed by atoms with Crippen LogP contribution in [0.5, 0.6) is 0 Å². The fraction of sp³-hybridized carbons (Fsp3) is 1.00. The molecule has 0 aliphatic rings. The van der Waals surface area contributed by atoms with Gasteiger partial charge in [0.1, 0.15) is 0 Å². The second-order valence-electron chi connectivity index (χ2n) is 2.48. The van der Waals surface area contributed by atoms with E-state index in [1.165, 1.54) is 0 Å². The van der Waals surface area contributed by atoms with Gasteiger partial charge in [-0.1, -0.05) is 13.8 Å². The molecule has 0 amide bonds. The van der Waals surface area contributed by atoms with Crippen molar-refractivity contribution < 1.29 is 8.42 Å². The van der Waals surface area contributed by atoms with Gasteiger partial charge in [0, 0.05) is 56.1 Å². The van der Waals surface area contributed by atoms with Crippen molar-refractivity contribution in [1.29, 1.82) is 0 Å². The largest absolute Gasteiger partial charge is 0.260 e. The highest BCUT2D eigenvalue weighted by Gasteiger charge is 1.98. The standard InChI is InChI=1S/C8H18O2S3/c1-3-12(9)7-5-11-6-8-13(10)4-2/h3-8H2,1-2H3. The van der Waals surface area contributed by atoms with Crippen LogP contribution < -0.4 is 0 Å². The van der Waals surface area contributed by atoms with Gasteiger partial charge in [-0.2, -0.15) is 11.8 Å². The summed E-state index contributed by atoms with van der Waals surface area (Å²) in [5, 5.41) is 0. The summed E-state index contributed by atoms with van der Waals surface area (Å²) in [5.41, 5.74) is 0. The SMILES string of the molecule is CCS(=O)CCSCCS(=O)CC. The monoisotopic (exact) mass is 242 g/mol. The maximum absolute atomic E-state index is 11.0. The van der Waals surface area contributed by atoms with Crippen molar-refractivity contribution in [1.82, 2.24) is 0 Å². The molecule has 2 nitrogen and oxygen atoms in total. The van der Waals surface area contributed by atoms with Gasteiger partial charge in [-0.15, -0.1) is 0 Å².